The molecule has 0 radical (unpaired) electrons. The zero-order valence-electron chi connectivity index (χ0n) is 13.4. The van der Waals surface area contributed by atoms with Crippen molar-refractivity contribution in [3.05, 3.63) is 76.4 Å². The molecule has 1 N–H and O–H groups in total. The standard InChI is InChI=1S/C20H16ClN3O/c21-15-9-5-13(6-10-15)12-22-24-20(25)17-11-19(14-7-8-14)23-18-4-2-1-3-16(17)18/h1-6,9-12,14H,7-8H2,(H,24,25)/b22-12-. The van der Waals surface area contributed by atoms with Gasteiger partial charge in [0.25, 0.3) is 5.91 Å². The van der Waals surface area contributed by atoms with Crippen LogP contribution in [-0.2, 0) is 0 Å². The number of fused-ring (bicyclic) bond motifs is 1. The quantitative estimate of drug-likeness (QED) is 0.555. The Morgan fingerprint density at radius 3 is 2.68 bits per heavy atom. The average molecular weight is 350 g/mol. The van der Waals surface area contributed by atoms with Gasteiger partial charge in [-0.05, 0) is 42.7 Å². The Hall–Kier alpha value is -2.72. The summed E-state index contributed by atoms with van der Waals surface area (Å²) in [4.78, 5) is 17.3. The summed E-state index contributed by atoms with van der Waals surface area (Å²) < 4.78 is 0. The number of amides is 1. The lowest BCUT2D eigenvalue weighted by atomic mass is 10.1. The van der Waals surface area contributed by atoms with Crippen LogP contribution in [0.15, 0.2) is 59.7 Å². The number of nitrogens with zero attached hydrogens (tertiary/aromatic N) is 2. The van der Waals surface area contributed by atoms with Gasteiger partial charge in [0.15, 0.2) is 0 Å². The molecule has 1 aromatic heterocycles. The minimum atomic E-state index is -0.231. The average Bonchev–Trinajstić information content (AvgIpc) is 3.47. The molecule has 0 unspecified atom stereocenters. The third-order valence-corrected chi connectivity index (χ3v) is 4.48. The number of aromatic nitrogens is 1. The lowest BCUT2D eigenvalue weighted by molar-refractivity contribution is 0.0956. The summed E-state index contributed by atoms with van der Waals surface area (Å²) in [6, 6.07) is 16.8. The van der Waals surface area contributed by atoms with Gasteiger partial charge in [-0.3, -0.25) is 9.78 Å². The van der Waals surface area contributed by atoms with Crippen molar-refractivity contribution in [2.24, 2.45) is 5.10 Å². The summed E-state index contributed by atoms with van der Waals surface area (Å²) in [5.41, 5.74) is 5.92. The van der Waals surface area contributed by atoms with E-state index in [1.54, 1.807) is 18.3 Å². The SMILES string of the molecule is O=C(N/N=C\c1ccc(Cl)cc1)c1cc(C2CC2)nc2ccccc12. The van der Waals surface area contributed by atoms with Crippen molar-refractivity contribution >= 4 is 34.6 Å². The zero-order valence-corrected chi connectivity index (χ0v) is 14.2. The lowest BCUT2D eigenvalue weighted by Crippen LogP contribution is -2.18. The van der Waals surface area contributed by atoms with Gasteiger partial charge in [0.05, 0.1) is 17.3 Å². The fourth-order valence-corrected chi connectivity index (χ4v) is 2.87. The third kappa shape index (κ3) is 3.54. The number of benzene rings is 2. The number of hydrazone groups is 1. The number of para-hydroxylation sites is 1. The van der Waals surface area contributed by atoms with Crippen LogP contribution in [0.5, 0.6) is 0 Å². The maximum absolute atomic E-state index is 12.6. The number of nitrogens with one attached hydrogen (secondary N) is 1. The predicted molar refractivity (Wildman–Crippen MR) is 100 cm³/mol. The van der Waals surface area contributed by atoms with Gasteiger partial charge in [-0.2, -0.15) is 5.10 Å². The molecule has 3 aromatic rings. The van der Waals surface area contributed by atoms with E-state index < -0.39 is 0 Å². The molecule has 1 amide bonds. The molecule has 1 aliphatic carbocycles. The number of carbonyl (C=O) groups is 1. The first-order valence-electron chi connectivity index (χ1n) is 8.19. The second kappa shape index (κ2) is 6.65. The van der Waals surface area contributed by atoms with Crippen molar-refractivity contribution < 1.29 is 4.79 Å². The summed E-state index contributed by atoms with van der Waals surface area (Å²) in [5, 5.41) is 5.56. The molecule has 1 aliphatic rings. The molecule has 1 saturated carbocycles. The van der Waals surface area contributed by atoms with E-state index in [0.29, 0.717) is 16.5 Å². The summed E-state index contributed by atoms with van der Waals surface area (Å²) in [6.45, 7) is 0. The van der Waals surface area contributed by atoms with Crippen LogP contribution in [0.1, 0.15) is 40.4 Å². The number of halogens is 1. The topological polar surface area (TPSA) is 54.4 Å². The van der Waals surface area contributed by atoms with E-state index in [-0.39, 0.29) is 5.91 Å². The molecule has 0 spiro atoms. The molecular weight excluding hydrogens is 334 g/mol. The number of pyridine rings is 1. The predicted octanol–water partition coefficient (Wildman–Crippen LogP) is 4.53. The van der Waals surface area contributed by atoms with E-state index in [9.17, 15) is 4.79 Å². The summed E-state index contributed by atoms with van der Waals surface area (Å²) in [6.07, 6.45) is 3.88. The van der Waals surface area contributed by atoms with Crippen LogP contribution in [0.25, 0.3) is 10.9 Å². The summed E-state index contributed by atoms with van der Waals surface area (Å²) in [5.74, 6) is 0.249. The second-order valence-electron chi connectivity index (χ2n) is 6.14. The molecule has 0 bridgehead atoms. The van der Waals surface area contributed by atoms with E-state index in [0.717, 1.165) is 35.0 Å². The highest BCUT2D eigenvalue weighted by Gasteiger charge is 2.26. The van der Waals surface area contributed by atoms with Gasteiger partial charge in [0.2, 0.25) is 0 Å². The van der Waals surface area contributed by atoms with Crippen LogP contribution >= 0.6 is 11.6 Å². The van der Waals surface area contributed by atoms with E-state index in [1.807, 2.05) is 42.5 Å². The Morgan fingerprint density at radius 2 is 1.92 bits per heavy atom. The molecule has 0 aliphatic heterocycles. The molecule has 0 atom stereocenters. The van der Waals surface area contributed by atoms with Crippen LogP contribution in [-0.4, -0.2) is 17.1 Å². The molecule has 124 valence electrons. The second-order valence-corrected chi connectivity index (χ2v) is 6.57. The Morgan fingerprint density at radius 1 is 1.16 bits per heavy atom. The molecule has 5 heteroatoms. The van der Waals surface area contributed by atoms with Crippen LogP contribution in [0, 0.1) is 0 Å². The van der Waals surface area contributed by atoms with Crippen LogP contribution < -0.4 is 5.43 Å². The molecule has 25 heavy (non-hydrogen) atoms. The third-order valence-electron chi connectivity index (χ3n) is 4.23. The van der Waals surface area contributed by atoms with Crippen molar-refractivity contribution in [2.75, 3.05) is 0 Å². The first-order valence-corrected chi connectivity index (χ1v) is 8.57. The van der Waals surface area contributed by atoms with Crippen LogP contribution in [0.4, 0.5) is 0 Å². The van der Waals surface area contributed by atoms with E-state index in [2.05, 4.69) is 15.5 Å². The van der Waals surface area contributed by atoms with Gasteiger partial charge >= 0.3 is 0 Å². The van der Waals surface area contributed by atoms with Gasteiger partial charge < -0.3 is 0 Å². The number of carbonyl (C=O) groups excluding carboxylic acids is 1. The van der Waals surface area contributed by atoms with Crippen LogP contribution in [0.2, 0.25) is 5.02 Å². The number of hydrogen-bond donors (Lipinski definition) is 1. The molecular formula is C20H16ClN3O. The van der Waals surface area contributed by atoms with Crippen molar-refractivity contribution in [2.45, 2.75) is 18.8 Å². The minimum absolute atomic E-state index is 0.231. The summed E-state index contributed by atoms with van der Waals surface area (Å²) >= 11 is 5.86. The Bertz CT molecular complexity index is 962. The van der Waals surface area contributed by atoms with Crippen LogP contribution in [0.3, 0.4) is 0 Å². The fourth-order valence-electron chi connectivity index (χ4n) is 2.75. The number of rotatable bonds is 4. The van der Waals surface area contributed by atoms with E-state index in [4.69, 9.17) is 11.6 Å². The van der Waals surface area contributed by atoms with Crippen molar-refractivity contribution in [1.82, 2.24) is 10.4 Å². The highest BCUT2D eigenvalue weighted by atomic mass is 35.5. The van der Waals surface area contributed by atoms with Crippen molar-refractivity contribution in [3.63, 3.8) is 0 Å². The summed E-state index contributed by atoms with van der Waals surface area (Å²) in [7, 11) is 0. The Kier molecular flexibility index (Phi) is 4.20. The maximum atomic E-state index is 12.6. The molecule has 2 aromatic carbocycles. The van der Waals surface area contributed by atoms with Gasteiger partial charge in [-0.1, -0.05) is 41.9 Å². The molecule has 0 saturated heterocycles. The molecule has 4 nitrogen and oxygen atoms in total. The van der Waals surface area contributed by atoms with Crippen molar-refractivity contribution in [1.29, 1.82) is 0 Å². The van der Waals surface area contributed by atoms with Crippen molar-refractivity contribution in [3.8, 4) is 0 Å². The fraction of sp³-hybridized carbons (Fsp3) is 0.150. The smallest absolute Gasteiger partial charge is 0.267 e. The Balaban J connectivity index is 1.59. The normalized spacial score (nSPS) is 14.1. The lowest BCUT2D eigenvalue weighted by Gasteiger charge is -2.08. The highest BCUT2D eigenvalue weighted by Crippen LogP contribution is 2.40. The molecule has 4 rings (SSSR count). The van der Waals surface area contributed by atoms with Gasteiger partial charge in [-0.25, -0.2) is 5.43 Å². The number of hydrogen-bond acceptors (Lipinski definition) is 3. The zero-order chi connectivity index (χ0) is 17.2. The maximum Gasteiger partial charge on any atom is 0.272 e. The first-order chi connectivity index (χ1) is 12.2. The molecule has 1 fully saturated rings. The monoisotopic (exact) mass is 349 g/mol. The largest absolute Gasteiger partial charge is 0.272 e. The van der Waals surface area contributed by atoms with Gasteiger partial charge in [0, 0.05) is 22.0 Å². The van der Waals surface area contributed by atoms with Gasteiger partial charge in [0.1, 0.15) is 0 Å². The van der Waals surface area contributed by atoms with Gasteiger partial charge in [-0.15, -0.1) is 0 Å². The first kappa shape index (κ1) is 15.8. The minimum Gasteiger partial charge on any atom is -0.267 e. The Labute approximate surface area is 150 Å². The molecule has 1 heterocycles. The highest BCUT2D eigenvalue weighted by molar-refractivity contribution is 6.30. The van der Waals surface area contributed by atoms with E-state index in [1.165, 1.54) is 0 Å². The van der Waals surface area contributed by atoms with E-state index >= 15 is 0 Å².